The second kappa shape index (κ2) is 10.4. The summed E-state index contributed by atoms with van der Waals surface area (Å²) in [6, 6.07) is 4.51. The number of nitro benzene ring substituents is 1. The highest BCUT2D eigenvalue weighted by molar-refractivity contribution is 7.99. The number of aromatic nitrogens is 4. The van der Waals surface area contributed by atoms with Crippen molar-refractivity contribution in [2.75, 3.05) is 24.5 Å². The third kappa shape index (κ3) is 5.14. The Hall–Kier alpha value is -3.21. The summed E-state index contributed by atoms with van der Waals surface area (Å²) < 4.78 is 1.79. The monoisotopic (exact) mass is 483 g/mol. The third-order valence-electron chi connectivity index (χ3n) is 5.81. The molecule has 10 nitrogen and oxygen atoms in total. The van der Waals surface area contributed by atoms with E-state index in [0.29, 0.717) is 29.5 Å². The molecular weight excluding hydrogens is 454 g/mol. The second-order valence-electron chi connectivity index (χ2n) is 8.61. The first-order chi connectivity index (χ1) is 16.3. The molecule has 0 aliphatic carbocycles. The fourth-order valence-corrected chi connectivity index (χ4v) is 4.83. The van der Waals surface area contributed by atoms with Crippen LogP contribution in [-0.2, 0) is 6.54 Å². The number of thioether (sulfide) groups is 1. The summed E-state index contributed by atoms with van der Waals surface area (Å²) in [5, 5.41) is 20.5. The molecule has 0 saturated carbocycles. The van der Waals surface area contributed by atoms with Gasteiger partial charge in [0.25, 0.3) is 11.6 Å². The fraction of sp³-hybridized carbons (Fsp3) is 0.478. The maximum Gasteiger partial charge on any atom is 0.273 e. The number of amides is 1. The number of rotatable bonds is 8. The van der Waals surface area contributed by atoms with Crippen molar-refractivity contribution >= 4 is 40.2 Å². The Balaban J connectivity index is 1.54. The predicted molar refractivity (Wildman–Crippen MR) is 133 cm³/mol. The van der Waals surface area contributed by atoms with Crippen molar-refractivity contribution < 1.29 is 9.72 Å². The van der Waals surface area contributed by atoms with Crippen LogP contribution in [0.3, 0.4) is 0 Å². The highest BCUT2D eigenvalue weighted by Crippen LogP contribution is 2.30. The van der Waals surface area contributed by atoms with Gasteiger partial charge < -0.3 is 10.2 Å². The van der Waals surface area contributed by atoms with Crippen molar-refractivity contribution in [1.82, 2.24) is 25.1 Å². The van der Waals surface area contributed by atoms with E-state index in [1.165, 1.54) is 18.6 Å². The predicted octanol–water partition coefficient (Wildman–Crippen LogP) is 3.96. The molecule has 1 amide bonds. The summed E-state index contributed by atoms with van der Waals surface area (Å²) in [5.74, 6) is 0.577. The van der Waals surface area contributed by atoms with Gasteiger partial charge in [-0.2, -0.15) is 5.10 Å². The van der Waals surface area contributed by atoms with Crippen LogP contribution in [0.25, 0.3) is 11.0 Å². The molecule has 2 aromatic heterocycles. The number of hydrogen-bond donors (Lipinski definition) is 1. The average molecular weight is 484 g/mol. The number of nitrogens with zero attached hydrogens (tertiary/aromatic N) is 6. The van der Waals surface area contributed by atoms with Crippen LogP contribution in [0.2, 0.25) is 0 Å². The molecule has 1 aliphatic rings. The summed E-state index contributed by atoms with van der Waals surface area (Å²) in [6.45, 7) is 8.49. The van der Waals surface area contributed by atoms with E-state index in [1.54, 1.807) is 35.6 Å². The van der Waals surface area contributed by atoms with Gasteiger partial charge in [-0.25, -0.2) is 14.6 Å². The van der Waals surface area contributed by atoms with E-state index >= 15 is 0 Å². The number of benzene rings is 1. The van der Waals surface area contributed by atoms with Crippen LogP contribution in [0.15, 0.2) is 29.6 Å². The highest BCUT2D eigenvalue weighted by atomic mass is 32.2. The van der Waals surface area contributed by atoms with Crippen LogP contribution < -0.4 is 10.2 Å². The first kappa shape index (κ1) is 23.9. The molecule has 0 bridgehead atoms. The molecule has 1 aliphatic heterocycles. The van der Waals surface area contributed by atoms with Gasteiger partial charge in [0.15, 0.2) is 10.8 Å². The second-order valence-corrected chi connectivity index (χ2v) is 10.2. The Labute approximate surface area is 202 Å². The van der Waals surface area contributed by atoms with Gasteiger partial charge in [-0.3, -0.25) is 14.9 Å². The quantitative estimate of drug-likeness (QED) is 0.221. The molecular formula is C23H29N7O3S. The van der Waals surface area contributed by atoms with E-state index in [9.17, 15) is 14.9 Å². The molecule has 1 N–H and O–H groups in total. The number of hydrogen-bond acceptors (Lipinski definition) is 8. The number of fused-ring (bicyclic) bond motifs is 1. The van der Waals surface area contributed by atoms with Crippen LogP contribution in [0.1, 0.15) is 49.0 Å². The van der Waals surface area contributed by atoms with Gasteiger partial charge in [0, 0.05) is 42.1 Å². The minimum absolute atomic E-state index is 0.0668. The van der Waals surface area contributed by atoms with Gasteiger partial charge in [-0.05, 0) is 32.3 Å². The van der Waals surface area contributed by atoms with E-state index in [-0.39, 0.29) is 11.6 Å². The van der Waals surface area contributed by atoms with E-state index < -0.39 is 4.92 Å². The minimum atomic E-state index is -0.478. The molecule has 0 atom stereocenters. The summed E-state index contributed by atoms with van der Waals surface area (Å²) in [4.78, 5) is 35.3. The van der Waals surface area contributed by atoms with Gasteiger partial charge >= 0.3 is 0 Å². The maximum atomic E-state index is 12.7. The smallest absolute Gasteiger partial charge is 0.273 e. The summed E-state index contributed by atoms with van der Waals surface area (Å²) in [6.07, 6.45) is 5.34. The molecule has 0 radical (unpaired) electrons. The molecule has 0 unspecified atom stereocenters. The molecule has 4 rings (SSSR count). The number of nitro groups is 1. The lowest BCUT2D eigenvalue weighted by molar-refractivity contribution is -0.385. The van der Waals surface area contributed by atoms with Crippen LogP contribution >= 0.6 is 11.8 Å². The molecule has 1 saturated heterocycles. The Morgan fingerprint density at radius 3 is 2.71 bits per heavy atom. The molecule has 3 aromatic rings. The largest absolute Gasteiger partial charge is 0.356 e. The van der Waals surface area contributed by atoms with Crippen LogP contribution in [0.5, 0.6) is 0 Å². The van der Waals surface area contributed by atoms with Crippen molar-refractivity contribution in [2.24, 2.45) is 0 Å². The SMILES string of the molecule is Cc1c(C(=O)NCCn2ncc3c(N4CCCCC4)nc(SC(C)C)nc32)cccc1[N+](=O)[O-]. The lowest BCUT2D eigenvalue weighted by Crippen LogP contribution is -2.30. The van der Waals surface area contributed by atoms with E-state index in [0.717, 1.165) is 47.9 Å². The van der Waals surface area contributed by atoms with E-state index in [1.807, 2.05) is 0 Å². The van der Waals surface area contributed by atoms with Crippen LogP contribution in [-0.4, -0.2) is 55.5 Å². The van der Waals surface area contributed by atoms with Crippen molar-refractivity contribution in [3.8, 4) is 0 Å². The zero-order valence-corrected chi connectivity index (χ0v) is 20.5. The summed E-state index contributed by atoms with van der Waals surface area (Å²) in [5.41, 5.74) is 1.33. The first-order valence-electron chi connectivity index (χ1n) is 11.5. The number of carbonyl (C=O) groups is 1. The Morgan fingerprint density at radius 2 is 2.00 bits per heavy atom. The topological polar surface area (TPSA) is 119 Å². The molecule has 3 heterocycles. The third-order valence-corrected chi connectivity index (χ3v) is 6.67. The highest BCUT2D eigenvalue weighted by Gasteiger charge is 2.21. The molecule has 1 aromatic carbocycles. The summed E-state index contributed by atoms with van der Waals surface area (Å²) >= 11 is 1.62. The van der Waals surface area contributed by atoms with Crippen molar-refractivity contribution in [1.29, 1.82) is 0 Å². The van der Waals surface area contributed by atoms with E-state index in [2.05, 4.69) is 29.2 Å². The number of carbonyl (C=O) groups excluding carboxylic acids is 1. The van der Waals surface area contributed by atoms with Gasteiger partial charge in [-0.15, -0.1) is 0 Å². The standard InChI is InChI=1S/C23H29N7O3S/c1-15(2)34-23-26-20(28-11-5-4-6-12-28)18-14-25-29(21(18)27-23)13-10-24-22(31)17-8-7-9-19(16(17)3)30(32)33/h7-9,14-15H,4-6,10-13H2,1-3H3,(H,24,31). The van der Waals surface area contributed by atoms with E-state index in [4.69, 9.17) is 9.97 Å². The maximum absolute atomic E-state index is 12.7. The number of anilines is 1. The van der Waals surface area contributed by atoms with Gasteiger partial charge in [0.05, 0.1) is 23.1 Å². The van der Waals surface area contributed by atoms with Gasteiger partial charge in [-0.1, -0.05) is 31.7 Å². The molecule has 0 spiro atoms. The minimum Gasteiger partial charge on any atom is -0.356 e. The normalized spacial score (nSPS) is 14.1. The number of nitrogens with one attached hydrogen (secondary N) is 1. The lowest BCUT2D eigenvalue weighted by Gasteiger charge is -2.28. The molecule has 34 heavy (non-hydrogen) atoms. The molecule has 11 heteroatoms. The van der Waals surface area contributed by atoms with Crippen LogP contribution in [0.4, 0.5) is 11.5 Å². The lowest BCUT2D eigenvalue weighted by atomic mass is 10.1. The summed E-state index contributed by atoms with van der Waals surface area (Å²) in [7, 11) is 0. The van der Waals surface area contributed by atoms with Crippen molar-refractivity contribution in [3.63, 3.8) is 0 Å². The zero-order valence-electron chi connectivity index (χ0n) is 19.7. The fourth-order valence-electron chi connectivity index (χ4n) is 4.13. The van der Waals surface area contributed by atoms with Gasteiger partial charge in [0.1, 0.15) is 5.82 Å². The Bertz CT molecular complexity index is 1200. The van der Waals surface area contributed by atoms with Gasteiger partial charge in [0.2, 0.25) is 0 Å². The average Bonchev–Trinajstić information content (AvgIpc) is 3.21. The zero-order chi connectivity index (χ0) is 24.2. The van der Waals surface area contributed by atoms with Crippen molar-refractivity contribution in [2.45, 2.75) is 57.0 Å². The van der Waals surface area contributed by atoms with Crippen LogP contribution in [0, 0.1) is 17.0 Å². The number of piperidine rings is 1. The first-order valence-corrected chi connectivity index (χ1v) is 12.4. The van der Waals surface area contributed by atoms with Crippen molar-refractivity contribution in [3.05, 3.63) is 45.6 Å². The molecule has 1 fully saturated rings. The Kier molecular flexibility index (Phi) is 7.30. The molecule has 180 valence electrons. The Morgan fingerprint density at radius 1 is 1.24 bits per heavy atom.